The molecule has 10 heteroatoms. The summed E-state index contributed by atoms with van der Waals surface area (Å²) < 4.78 is 65.6. The van der Waals surface area contributed by atoms with Crippen molar-refractivity contribution in [1.29, 1.82) is 0 Å². The van der Waals surface area contributed by atoms with E-state index in [1.54, 1.807) is 4.90 Å². The number of nitrogens with zero attached hydrogens (tertiary/aromatic N) is 2. The van der Waals surface area contributed by atoms with Gasteiger partial charge in [-0.25, -0.2) is 8.42 Å². The maximum absolute atomic E-state index is 12.9. The van der Waals surface area contributed by atoms with Gasteiger partial charge in [-0.1, -0.05) is 23.8 Å². The normalized spacial score (nSPS) is 21.7. The second kappa shape index (κ2) is 8.04. The zero-order valence-electron chi connectivity index (χ0n) is 15.0. The van der Waals surface area contributed by atoms with Crippen LogP contribution in [0.1, 0.15) is 24.8 Å². The highest BCUT2D eigenvalue weighted by atomic mass is 35.5. The molecule has 0 spiro atoms. The van der Waals surface area contributed by atoms with Crippen molar-refractivity contribution in [2.24, 2.45) is 5.92 Å². The van der Waals surface area contributed by atoms with Crippen molar-refractivity contribution in [3.8, 4) is 0 Å². The Morgan fingerprint density at radius 1 is 1.11 bits per heavy atom. The first-order valence-corrected chi connectivity index (χ1v) is 10.7. The first-order chi connectivity index (χ1) is 13.1. The lowest BCUT2D eigenvalue weighted by Crippen LogP contribution is -2.52. The Labute approximate surface area is 166 Å². The molecule has 154 valence electrons. The molecule has 1 amide bonds. The average molecular weight is 437 g/mol. The van der Waals surface area contributed by atoms with E-state index in [0.717, 1.165) is 29.3 Å². The van der Waals surface area contributed by atoms with E-state index >= 15 is 0 Å². The molecule has 1 aromatic rings. The second-order valence-corrected chi connectivity index (χ2v) is 9.17. The summed E-state index contributed by atoms with van der Waals surface area (Å²) in [6.45, 7) is 0.441. The van der Waals surface area contributed by atoms with Crippen LogP contribution in [0, 0.1) is 5.92 Å². The highest BCUT2D eigenvalue weighted by Gasteiger charge is 2.36. The summed E-state index contributed by atoms with van der Waals surface area (Å²) in [7, 11) is -4.20. The molecule has 0 saturated carbocycles. The number of piperazine rings is 1. The number of carbonyl (C=O) groups excluding carboxylic acids is 1. The molecule has 2 aliphatic rings. The molecule has 1 fully saturated rings. The predicted molar refractivity (Wildman–Crippen MR) is 98.3 cm³/mol. The van der Waals surface area contributed by atoms with Gasteiger partial charge in [0.05, 0.1) is 10.6 Å². The van der Waals surface area contributed by atoms with Gasteiger partial charge < -0.3 is 4.90 Å². The third-order valence-corrected chi connectivity index (χ3v) is 7.43. The van der Waals surface area contributed by atoms with Gasteiger partial charge in [-0.15, -0.1) is 0 Å². The van der Waals surface area contributed by atoms with Gasteiger partial charge in [0.2, 0.25) is 15.9 Å². The lowest BCUT2D eigenvalue weighted by molar-refractivity contribution is -0.138. The van der Waals surface area contributed by atoms with Crippen molar-refractivity contribution in [2.75, 3.05) is 26.2 Å². The summed E-state index contributed by atoms with van der Waals surface area (Å²) in [6, 6.07) is 2.24. The SMILES string of the molecule is O=C(C1CC=CCC1)N1CCN(S(=O)(=O)c2cc(C(F)(F)F)ccc2Cl)CC1. The first-order valence-electron chi connectivity index (χ1n) is 8.91. The van der Waals surface area contributed by atoms with Gasteiger partial charge in [0.25, 0.3) is 0 Å². The Morgan fingerprint density at radius 2 is 1.79 bits per heavy atom. The Hall–Kier alpha value is -1.58. The van der Waals surface area contributed by atoms with Crippen LogP contribution in [0.2, 0.25) is 5.02 Å². The van der Waals surface area contributed by atoms with Gasteiger partial charge in [0.15, 0.2) is 0 Å². The van der Waals surface area contributed by atoms with Gasteiger partial charge in [-0.2, -0.15) is 17.5 Å². The summed E-state index contributed by atoms with van der Waals surface area (Å²) in [6.07, 6.45) is 1.63. The summed E-state index contributed by atoms with van der Waals surface area (Å²) >= 11 is 5.89. The standard InChI is InChI=1S/C18H20ClF3N2O3S/c19-15-7-6-14(18(20,21)22)12-16(15)28(26,27)24-10-8-23(9-11-24)17(25)13-4-2-1-3-5-13/h1-2,6-7,12-13H,3-5,8-11H2. The van der Waals surface area contributed by atoms with Crippen LogP contribution >= 0.6 is 11.6 Å². The van der Waals surface area contributed by atoms with E-state index in [0.29, 0.717) is 12.5 Å². The van der Waals surface area contributed by atoms with Crippen LogP contribution in [0.4, 0.5) is 13.2 Å². The lowest BCUT2D eigenvalue weighted by Gasteiger charge is -2.36. The van der Waals surface area contributed by atoms with E-state index in [2.05, 4.69) is 0 Å². The fourth-order valence-electron chi connectivity index (χ4n) is 3.44. The van der Waals surface area contributed by atoms with E-state index in [4.69, 9.17) is 11.6 Å². The van der Waals surface area contributed by atoms with E-state index in [1.165, 1.54) is 0 Å². The molecule has 1 atom stereocenters. The largest absolute Gasteiger partial charge is 0.416 e. The number of hydrogen-bond donors (Lipinski definition) is 0. The minimum absolute atomic E-state index is 0.00139. The van der Waals surface area contributed by atoms with Crippen LogP contribution in [0.15, 0.2) is 35.2 Å². The third-order valence-electron chi connectivity index (χ3n) is 5.04. The van der Waals surface area contributed by atoms with Crippen molar-refractivity contribution in [2.45, 2.75) is 30.3 Å². The zero-order valence-corrected chi connectivity index (χ0v) is 16.5. The molecular weight excluding hydrogens is 417 g/mol. The van der Waals surface area contributed by atoms with Gasteiger partial charge >= 0.3 is 6.18 Å². The van der Waals surface area contributed by atoms with Crippen molar-refractivity contribution in [3.05, 3.63) is 40.9 Å². The minimum atomic E-state index is -4.67. The molecule has 5 nitrogen and oxygen atoms in total. The highest BCUT2D eigenvalue weighted by Crippen LogP contribution is 2.34. The van der Waals surface area contributed by atoms with Crippen molar-refractivity contribution in [3.63, 3.8) is 0 Å². The highest BCUT2D eigenvalue weighted by molar-refractivity contribution is 7.89. The first kappa shape index (κ1) is 21.1. The van der Waals surface area contributed by atoms with Crippen LogP contribution in [0.5, 0.6) is 0 Å². The predicted octanol–water partition coefficient (Wildman–Crippen LogP) is 3.55. The average Bonchev–Trinajstić information content (AvgIpc) is 2.67. The van der Waals surface area contributed by atoms with Crippen LogP contribution in [0.25, 0.3) is 0 Å². The number of hydrogen-bond acceptors (Lipinski definition) is 3. The lowest BCUT2D eigenvalue weighted by atomic mass is 9.93. The maximum Gasteiger partial charge on any atom is 0.416 e. The van der Waals surface area contributed by atoms with Gasteiger partial charge in [-0.05, 0) is 37.5 Å². The van der Waals surface area contributed by atoms with Gasteiger partial charge in [-0.3, -0.25) is 4.79 Å². The van der Waals surface area contributed by atoms with E-state index in [1.807, 2.05) is 12.2 Å². The molecule has 1 aliphatic heterocycles. The topological polar surface area (TPSA) is 57.7 Å². The second-order valence-electron chi connectivity index (χ2n) is 6.85. The Kier molecular flexibility index (Phi) is 6.07. The molecule has 28 heavy (non-hydrogen) atoms. The molecular formula is C18H20ClF3N2O3S. The third kappa shape index (κ3) is 4.36. The number of rotatable bonds is 3. The Morgan fingerprint density at radius 3 is 2.36 bits per heavy atom. The van der Waals surface area contributed by atoms with E-state index < -0.39 is 26.7 Å². The number of amides is 1. The van der Waals surface area contributed by atoms with Crippen LogP contribution in [-0.4, -0.2) is 49.7 Å². The van der Waals surface area contributed by atoms with Crippen molar-refractivity contribution in [1.82, 2.24) is 9.21 Å². The molecule has 1 aromatic carbocycles. The number of alkyl halides is 3. The Bertz CT molecular complexity index is 879. The maximum atomic E-state index is 12.9. The summed E-state index contributed by atoms with van der Waals surface area (Å²) in [4.78, 5) is 13.6. The molecule has 0 radical (unpaired) electrons. The molecule has 1 heterocycles. The Balaban J connectivity index is 1.73. The van der Waals surface area contributed by atoms with Crippen LogP contribution in [0.3, 0.4) is 0 Å². The smallest absolute Gasteiger partial charge is 0.340 e. The van der Waals surface area contributed by atoms with Crippen molar-refractivity contribution >= 4 is 27.5 Å². The molecule has 0 aromatic heterocycles. The van der Waals surface area contributed by atoms with Crippen molar-refractivity contribution < 1.29 is 26.4 Å². The van der Waals surface area contributed by atoms with Crippen LogP contribution < -0.4 is 0 Å². The monoisotopic (exact) mass is 436 g/mol. The molecule has 0 N–H and O–H groups in total. The fourth-order valence-corrected chi connectivity index (χ4v) is 5.36. The number of sulfonamides is 1. The minimum Gasteiger partial charge on any atom is -0.340 e. The van der Waals surface area contributed by atoms with E-state index in [-0.39, 0.29) is 43.0 Å². The van der Waals surface area contributed by atoms with Gasteiger partial charge in [0, 0.05) is 32.1 Å². The van der Waals surface area contributed by atoms with Gasteiger partial charge in [0.1, 0.15) is 4.90 Å². The zero-order chi connectivity index (χ0) is 20.5. The van der Waals surface area contributed by atoms with E-state index in [9.17, 15) is 26.4 Å². The number of benzene rings is 1. The summed E-state index contributed by atoms with van der Waals surface area (Å²) in [5.41, 5.74) is -1.07. The fraction of sp³-hybridized carbons (Fsp3) is 0.500. The molecule has 1 aliphatic carbocycles. The summed E-state index contributed by atoms with van der Waals surface area (Å²) in [5, 5.41) is -0.263. The molecule has 1 saturated heterocycles. The molecule has 0 bridgehead atoms. The summed E-state index contributed by atoms with van der Waals surface area (Å²) in [5.74, 6) is -0.0930. The van der Waals surface area contributed by atoms with Crippen LogP contribution in [-0.2, 0) is 21.0 Å². The molecule has 3 rings (SSSR count). The number of halogens is 4. The number of carbonyl (C=O) groups is 1. The number of allylic oxidation sites excluding steroid dienone is 2. The quantitative estimate of drug-likeness (QED) is 0.681. The molecule has 1 unspecified atom stereocenters.